The number of fused-ring (bicyclic) bond motifs is 1. The van der Waals surface area contributed by atoms with Gasteiger partial charge < -0.3 is 10.2 Å². The molecule has 1 saturated carbocycles. The van der Waals surface area contributed by atoms with E-state index in [0.717, 1.165) is 48.2 Å². The van der Waals surface area contributed by atoms with Gasteiger partial charge in [0.05, 0.1) is 5.52 Å². The molecule has 0 bridgehead atoms. The van der Waals surface area contributed by atoms with Crippen molar-refractivity contribution in [2.75, 3.05) is 19.4 Å². The predicted octanol–water partition coefficient (Wildman–Crippen LogP) is 5.78. The molecule has 32 heavy (non-hydrogen) atoms. The van der Waals surface area contributed by atoms with E-state index in [0.29, 0.717) is 5.92 Å². The number of hydrogen-bond donors (Lipinski definition) is 1. The van der Waals surface area contributed by atoms with Gasteiger partial charge in [-0.25, -0.2) is 9.97 Å². The van der Waals surface area contributed by atoms with Crippen LogP contribution in [0.15, 0.2) is 42.5 Å². The van der Waals surface area contributed by atoms with Gasteiger partial charge in [-0.1, -0.05) is 35.9 Å². The van der Waals surface area contributed by atoms with E-state index in [4.69, 9.17) is 4.98 Å². The maximum atomic E-state index is 12.3. The minimum Gasteiger partial charge on any atom is -0.363 e. The van der Waals surface area contributed by atoms with E-state index in [1.54, 1.807) is 4.90 Å². The molecule has 1 atom stereocenters. The summed E-state index contributed by atoms with van der Waals surface area (Å²) in [6.07, 6.45) is 4.01. The number of hydrogen-bond acceptors (Lipinski definition) is 4. The summed E-state index contributed by atoms with van der Waals surface area (Å²) in [5.41, 5.74) is 4.79. The Morgan fingerprint density at radius 3 is 2.47 bits per heavy atom. The summed E-state index contributed by atoms with van der Waals surface area (Å²) in [6.45, 7) is 6.23. The molecule has 0 saturated heterocycles. The average molecular weight is 431 g/mol. The molecular formula is C27H34N4O. The Bertz CT molecular complexity index is 1120. The molecule has 168 valence electrons. The third kappa shape index (κ3) is 4.77. The van der Waals surface area contributed by atoms with Crippen molar-refractivity contribution in [1.29, 1.82) is 0 Å². The van der Waals surface area contributed by atoms with Gasteiger partial charge in [0.2, 0.25) is 5.91 Å². The van der Waals surface area contributed by atoms with Crippen molar-refractivity contribution in [3.63, 3.8) is 0 Å². The zero-order chi connectivity index (χ0) is 22.8. The molecule has 2 aromatic carbocycles. The van der Waals surface area contributed by atoms with Crippen molar-refractivity contribution in [3.8, 4) is 0 Å². The summed E-state index contributed by atoms with van der Waals surface area (Å²) in [4.78, 5) is 23.5. The average Bonchev–Trinajstić information content (AvgIpc) is 2.78. The van der Waals surface area contributed by atoms with Gasteiger partial charge in [0.1, 0.15) is 11.6 Å². The van der Waals surface area contributed by atoms with Crippen LogP contribution in [0.25, 0.3) is 10.9 Å². The van der Waals surface area contributed by atoms with Gasteiger partial charge in [0.15, 0.2) is 0 Å². The fraction of sp³-hybridized carbons (Fsp3) is 0.444. The first-order valence-corrected chi connectivity index (χ1v) is 11.6. The molecule has 1 aromatic heterocycles. The van der Waals surface area contributed by atoms with Crippen LogP contribution in [-0.2, 0) is 4.79 Å². The Labute approximate surface area is 191 Å². The van der Waals surface area contributed by atoms with Crippen molar-refractivity contribution in [3.05, 3.63) is 65.0 Å². The van der Waals surface area contributed by atoms with E-state index in [1.165, 1.54) is 16.7 Å². The largest absolute Gasteiger partial charge is 0.363 e. The van der Waals surface area contributed by atoms with Crippen LogP contribution in [0.2, 0.25) is 0 Å². The zero-order valence-corrected chi connectivity index (χ0v) is 19.9. The van der Waals surface area contributed by atoms with Crippen molar-refractivity contribution in [2.45, 2.75) is 58.4 Å². The Morgan fingerprint density at radius 1 is 1.03 bits per heavy atom. The Hall–Kier alpha value is -2.95. The number of carbonyl (C=O) groups excluding carboxylic acids is 1. The number of carbonyl (C=O) groups is 1. The van der Waals surface area contributed by atoms with Crippen LogP contribution < -0.4 is 5.32 Å². The van der Waals surface area contributed by atoms with Gasteiger partial charge in [0.25, 0.3) is 0 Å². The lowest BCUT2D eigenvalue weighted by Crippen LogP contribution is -2.31. The van der Waals surface area contributed by atoms with Crippen molar-refractivity contribution < 1.29 is 4.79 Å². The highest BCUT2D eigenvalue weighted by Crippen LogP contribution is 2.38. The molecule has 1 fully saturated rings. The van der Waals surface area contributed by atoms with Gasteiger partial charge in [-0.05, 0) is 75.6 Å². The molecule has 0 aliphatic heterocycles. The lowest BCUT2D eigenvalue weighted by Gasteiger charge is -2.29. The fourth-order valence-corrected chi connectivity index (χ4v) is 4.89. The van der Waals surface area contributed by atoms with E-state index in [2.05, 4.69) is 66.6 Å². The highest BCUT2D eigenvalue weighted by molar-refractivity contribution is 5.90. The monoisotopic (exact) mass is 430 g/mol. The van der Waals surface area contributed by atoms with Crippen LogP contribution in [0.4, 0.5) is 5.82 Å². The summed E-state index contributed by atoms with van der Waals surface area (Å²) in [7, 11) is 3.71. The van der Waals surface area contributed by atoms with Crippen molar-refractivity contribution in [1.82, 2.24) is 14.9 Å². The van der Waals surface area contributed by atoms with Crippen molar-refractivity contribution >= 4 is 22.6 Å². The van der Waals surface area contributed by atoms with Crippen LogP contribution >= 0.6 is 0 Å². The van der Waals surface area contributed by atoms with Crippen LogP contribution in [0.5, 0.6) is 0 Å². The topological polar surface area (TPSA) is 58.1 Å². The SMILES string of the molecule is Cc1cccc([C@@H](C)Nc2nc(C)nc3ccc(C4CCC(C(=O)N(C)C)CC4)cc23)c1. The lowest BCUT2D eigenvalue weighted by molar-refractivity contribution is -0.134. The van der Waals surface area contributed by atoms with Gasteiger partial charge in [-0.2, -0.15) is 0 Å². The van der Waals surface area contributed by atoms with E-state index >= 15 is 0 Å². The van der Waals surface area contributed by atoms with Gasteiger partial charge >= 0.3 is 0 Å². The van der Waals surface area contributed by atoms with E-state index in [9.17, 15) is 4.79 Å². The molecule has 3 aromatic rings. The highest BCUT2D eigenvalue weighted by atomic mass is 16.2. The predicted molar refractivity (Wildman–Crippen MR) is 131 cm³/mol. The molecule has 5 heteroatoms. The molecule has 5 nitrogen and oxygen atoms in total. The minimum atomic E-state index is 0.142. The van der Waals surface area contributed by atoms with Crippen LogP contribution in [0.3, 0.4) is 0 Å². The number of aromatic nitrogens is 2. The second-order valence-electron chi connectivity index (χ2n) is 9.46. The second-order valence-corrected chi connectivity index (χ2v) is 9.46. The molecule has 1 aliphatic carbocycles. The van der Waals surface area contributed by atoms with Crippen LogP contribution in [0.1, 0.15) is 67.1 Å². The molecule has 0 radical (unpaired) electrons. The van der Waals surface area contributed by atoms with E-state index in [-0.39, 0.29) is 17.9 Å². The smallest absolute Gasteiger partial charge is 0.225 e. The third-order valence-electron chi connectivity index (χ3n) is 6.72. The molecule has 1 amide bonds. The number of rotatable bonds is 5. The summed E-state index contributed by atoms with van der Waals surface area (Å²) in [5, 5.41) is 4.70. The van der Waals surface area contributed by atoms with Crippen molar-refractivity contribution in [2.24, 2.45) is 5.92 Å². The van der Waals surface area contributed by atoms with E-state index in [1.807, 2.05) is 21.0 Å². The van der Waals surface area contributed by atoms with Gasteiger partial charge in [-0.15, -0.1) is 0 Å². The molecule has 1 aliphatic rings. The minimum absolute atomic E-state index is 0.142. The first-order valence-electron chi connectivity index (χ1n) is 11.6. The molecule has 1 N–H and O–H groups in total. The molecule has 1 heterocycles. The maximum absolute atomic E-state index is 12.3. The van der Waals surface area contributed by atoms with Crippen LogP contribution in [0, 0.1) is 19.8 Å². The lowest BCUT2D eigenvalue weighted by atomic mass is 9.78. The van der Waals surface area contributed by atoms with Crippen LogP contribution in [-0.4, -0.2) is 34.9 Å². The summed E-state index contributed by atoms with van der Waals surface area (Å²) < 4.78 is 0. The second kappa shape index (κ2) is 9.27. The molecule has 4 rings (SSSR count). The van der Waals surface area contributed by atoms with Gasteiger partial charge in [-0.3, -0.25) is 4.79 Å². The first kappa shape index (κ1) is 22.3. The zero-order valence-electron chi connectivity index (χ0n) is 19.9. The quantitative estimate of drug-likeness (QED) is 0.557. The summed E-state index contributed by atoms with van der Waals surface area (Å²) in [6, 6.07) is 15.3. The number of benzene rings is 2. The first-order chi connectivity index (χ1) is 15.3. The number of amides is 1. The normalized spacial score (nSPS) is 19.5. The summed E-state index contributed by atoms with van der Waals surface area (Å²) >= 11 is 0. The number of anilines is 1. The van der Waals surface area contributed by atoms with E-state index < -0.39 is 0 Å². The highest BCUT2D eigenvalue weighted by Gasteiger charge is 2.28. The maximum Gasteiger partial charge on any atom is 0.225 e. The number of nitrogens with zero attached hydrogens (tertiary/aromatic N) is 3. The summed E-state index contributed by atoms with van der Waals surface area (Å²) in [5.74, 6) is 2.57. The third-order valence-corrected chi connectivity index (χ3v) is 6.72. The number of nitrogens with one attached hydrogen (secondary N) is 1. The fourth-order valence-electron chi connectivity index (χ4n) is 4.89. The Balaban J connectivity index is 1.58. The Kier molecular flexibility index (Phi) is 6.45. The number of aryl methyl sites for hydroxylation is 2. The molecule has 0 unspecified atom stereocenters. The Morgan fingerprint density at radius 2 is 1.78 bits per heavy atom. The molecular weight excluding hydrogens is 396 g/mol. The standard InChI is InChI=1S/C27H34N4O/c1-17-7-6-8-22(15-17)18(2)28-26-24-16-23(13-14-25(24)29-19(3)30-26)20-9-11-21(12-10-20)27(32)31(4)5/h6-8,13-16,18,20-21H,9-12H2,1-5H3,(H,28,29,30)/t18-,20?,21?/m1/s1. The van der Waals surface area contributed by atoms with Gasteiger partial charge in [0, 0.05) is 31.4 Å². The molecule has 0 spiro atoms.